The number of carbonyl (C=O) groups is 1. The predicted molar refractivity (Wildman–Crippen MR) is 79.9 cm³/mol. The highest BCUT2D eigenvalue weighted by Crippen LogP contribution is 2.26. The number of anilines is 1. The fourth-order valence-corrected chi connectivity index (χ4v) is 2.18. The van der Waals surface area contributed by atoms with Gasteiger partial charge in [-0.3, -0.25) is 14.9 Å². The van der Waals surface area contributed by atoms with E-state index in [1.807, 2.05) is 0 Å². The van der Waals surface area contributed by atoms with E-state index in [1.165, 1.54) is 30.3 Å². The molecule has 0 atom stereocenters. The van der Waals surface area contributed by atoms with Gasteiger partial charge >= 0.3 is 0 Å². The number of hydrogen-bond acceptors (Lipinski definition) is 4. The maximum absolute atomic E-state index is 13.2. The van der Waals surface area contributed by atoms with E-state index in [2.05, 4.69) is 21.2 Å². The van der Waals surface area contributed by atoms with Crippen LogP contribution < -0.4 is 5.32 Å². The van der Waals surface area contributed by atoms with Crippen molar-refractivity contribution in [1.82, 2.24) is 0 Å². The first-order valence-corrected chi connectivity index (χ1v) is 6.72. The summed E-state index contributed by atoms with van der Waals surface area (Å²) in [6, 6.07) is 8.34. The van der Waals surface area contributed by atoms with Crippen molar-refractivity contribution in [2.45, 2.75) is 6.54 Å². The van der Waals surface area contributed by atoms with Gasteiger partial charge in [0, 0.05) is 22.6 Å². The van der Waals surface area contributed by atoms with Gasteiger partial charge in [-0.05, 0) is 35.9 Å². The fourth-order valence-electron chi connectivity index (χ4n) is 1.79. The van der Waals surface area contributed by atoms with E-state index in [4.69, 9.17) is 0 Å². The Morgan fingerprint density at radius 1 is 1.29 bits per heavy atom. The monoisotopic (exact) mass is 352 g/mol. The van der Waals surface area contributed by atoms with Gasteiger partial charge in [0.2, 0.25) is 0 Å². The summed E-state index contributed by atoms with van der Waals surface area (Å²) >= 11 is 3.29. The number of benzene rings is 2. The summed E-state index contributed by atoms with van der Waals surface area (Å²) < 4.78 is 13.9. The van der Waals surface area contributed by atoms with Crippen LogP contribution in [0.2, 0.25) is 0 Å². The summed E-state index contributed by atoms with van der Waals surface area (Å²) in [5.41, 5.74) is 0.914. The molecule has 0 aliphatic heterocycles. The molecule has 0 radical (unpaired) electrons. The molecule has 1 N–H and O–H groups in total. The smallest absolute Gasteiger partial charge is 0.293 e. The Labute approximate surface area is 128 Å². The van der Waals surface area contributed by atoms with Crippen LogP contribution >= 0.6 is 15.9 Å². The zero-order chi connectivity index (χ0) is 15.4. The minimum atomic E-state index is -0.573. The molecule has 2 aromatic rings. The zero-order valence-corrected chi connectivity index (χ0v) is 12.3. The van der Waals surface area contributed by atoms with Crippen LogP contribution in [0, 0.1) is 15.9 Å². The highest BCUT2D eigenvalue weighted by atomic mass is 79.9. The van der Waals surface area contributed by atoms with Gasteiger partial charge in [0.25, 0.3) is 5.69 Å². The summed E-state index contributed by atoms with van der Waals surface area (Å²) in [4.78, 5) is 21.1. The van der Waals surface area contributed by atoms with Crippen LogP contribution in [0.4, 0.5) is 15.8 Å². The molecule has 5 nitrogen and oxygen atoms in total. The zero-order valence-electron chi connectivity index (χ0n) is 10.7. The number of rotatable bonds is 5. The molecule has 0 unspecified atom stereocenters. The van der Waals surface area contributed by atoms with Gasteiger partial charge in [-0.2, -0.15) is 0 Å². The lowest BCUT2D eigenvalue weighted by Crippen LogP contribution is -2.04. The topological polar surface area (TPSA) is 72.2 Å². The van der Waals surface area contributed by atoms with Gasteiger partial charge in [-0.1, -0.05) is 15.9 Å². The number of nitro groups is 1. The first kappa shape index (κ1) is 15.1. The van der Waals surface area contributed by atoms with Crippen LogP contribution in [0.5, 0.6) is 0 Å². The Kier molecular flexibility index (Phi) is 4.64. The third-order valence-corrected chi connectivity index (χ3v) is 3.61. The van der Waals surface area contributed by atoms with Crippen molar-refractivity contribution in [2.75, 3.05) is 5.32 Å². The first-order valence-electron chi connectivity index (χ1n) is 5.92. The molecular weight excluding hydrogens is 343 g/mol. The number of hydrogen-bond donors (Lipinski definition) is 1. The SMILES string of the molecule is O=Cc1ccc(NCc2cc(F)ccc2Br)c([N+](=O)[O-])c1. The summed E-state index contributed by atoms with van der Waals surface area (Å²) in [6.07, 6.45) is 0.542. The van der Waals surface area contributed by atoms with E-state index in [1.54, 1.807) is 6.07 Å². The van der Waals surface area contributed by atoms with Gasteiger partial charge in [0.1, 0.15) is 17.8 Å². The molecule has 21 heavy (non-hydrogen) atoms. The lowest BCUT2D eigenvalue weighted by atomic mass is 10.1. The largest absolute Gasteiger partial charge is 0.375 e. The maximum atomic E-state index is 13.2. The second kappa shape index (κ2) is 6.45. The van der Waals surface area contributed by atoms with E-state index in [-0.39, 0.29) is 29.3 Å². The molecule has 0 aliphatic rings. The number of aldehydes is 1. The average Bonchev–Trinajstić information content (AvgIpc) is 2.48. The van der Waals surface area contributed by atoms with E-state index in [9.17, 15) is 19.3 Å². The molecular formula is C14H10BrFN2O3. The van der Waals surface area contributed by atoms with Crippen molar-refractivity contribution in [3.8, 4) is 0 Å². The van der Waals surface area contributed by atoms with Crippen molar-refractivity contribution in [1.29, 1.82) is 0 Å². The lowest BCUT2D eigenvalue weighted by Gasteiger charge is -2.09. The first-order chi connectivity index (χ1) is 10.0. The van der Waals surface area contributed by atoms with E-state index in [0.717, 1.165) is 0 Å². The predicted octanol–water partition coefficient (Wildman–Crippen LogP) is 3.92. The Morgan fingerprint density at radius 2 is 2.05 bits per heavy atom. The van der Waals surface area contributed by atoms with Crippen molar-refractivity contribution < 1.29 is 14.1 Å². The fraction of sp³-hybridized carbons (Fsp3) is 0.0714. The minimum absolute atomic E-state index is 0.202. The molecule has 2 aromatic carbocycles. The number of nitro benzene ring substituents is 1. The Morgan fingerprint density at radius 3 is 2.71 bits per heavy atom. The molecule has 0 heterocycles. The van der Waals surface area contributed by atoms with Crippen LogP contribution in [0.1, 0.15) is 15.9 Å². The molecule has 0 saturated carbocycles. The number of nitrogens with zero attached hydrogens (tertiary/aromatic N) is 1. The highest BCUT2D eigenvalue weighted by Gasteiger charge is 2.14. The van der Waals surface area contributed by atoms with Gasteiger partial charge in [0.15, 0.2) is 0 Å². The molecule has 0 aliphatic carbocycles. The molecule has 0 fully saturated rings. The van der Waals surface area contributed by atoms with Gasteiger partial charge < -0.3 is 5.32 Å². The Balaban J connectivity index is 2.25. The standard InChI is InChI=1S/C14H10BrFN2O3/c15-12-3-2-11(16)6-10(12)7-17-13-4-1-9(8-19)5-14(13)18(20)21/h1-6,8,17H,7H2. The van der Waals surface area contributed by atoms with Crippen molar-refractivity contribution in [3.05, 3.63) is 67.9 Å². The van der Waals surface area contributed by atoms with Crippen molar-refractivity contribution in [3.63, 3.8) is 0 Å². The Hall–Kier alpha value is -2.28. The number of nitrogens with one attached hydrogen (secondary N) is 1. The normalized spacial score (nSPS) is 10.2. The number of halogens is 2. The molecule has 0 bridgehead atoms. The quantitative estimate of drug-likeness (QED) is 0.502. The summed E-state index contributed by atoms with van der Waals surface area (Å²) in [6.45, 7) is 0.208. The average molecular weight is 353 g/mol. The van der Waals surface area contributed by atoms with E-state index < -0.39 is 4.92 Å². The summed E-state index contributed by atoms with van der Waals surface area (Å²) in [7, 11) is 0. The minimum Gasteiger partial charge on any atom is -0.375 e. The van der Waals surface area contributed by atoms with Crippen LogP contribution in [0.3, 0.4) is 0 Å². The number of carbonyl (C=O) groups excluding carboxylic acids is 1. The van der Waals surface area contributed by atoms with Crippen molar-refractivity contribution >= 4 is 33.6 Å². The van der Waals surface area contributed by atoms with Gasteiger partial charge in [-0.25, -0.2) is 4.39 Å². The molecule has 108 valence electrons. The van der Waals surface area contributed by atoms with Crippen LogP contribution in [-0.2, 0) is 6.54 Å². The summed E-state index contributed by atoms with van der Waals surface area (Å²) in [5.74, 6) is -0.388. The van der Waals surface area contributed by atoms with Crippen molar-refractivity contribution in [2.24, 2.45) is 0 Å². The molecule has 0 amide bonds. The highest BCUT2D eigenvalue weighted by molar-refractivity contribution is 9.10. The maximum Gasteiger partial charge on any atom is 0.293 e. The Bertz CT molecular complexity index is 707. The third-order valence-electron chi connectivity index (χ3n) is 2.83. The molecule has 0 spiro atoms. The second-order valence-corrected chi connectivity index (χ2v) is 5.10. The molecule has 7 heteroatoms. The molecule has 0 aromatic heterocycles. The summed E-state index contributed by atoms with van der Waals surface area (Å²) in [5, 5.41) is 13.9. The second-order valence-electron chi connectivity index (χ2n) is 4.24. The van der Waals surface area contributed by atoms with Crippen LogP contribution in [0.15, 0.2) is 40.9 Å². The van der Waals surface area contributed by atoms with Crippen LogP contribution in [0.25, 0.3) is 0 Å². The van der Waals surface area contributed by atoms with Crippen LogP contribution in [-0.4, -0.2) is 11.2 Å². The van der Waals surface area contributed by atoms with Gasteiger partial charge in [-0.15, -0.1) is 0 Å². The molecule has 0 saturated heterocycles. The van der Waals surface area contributed by atoms with E-state index in [0.29, 0.717) is 16.3 Å². The van der Waals surface area contributed by atoms with E-state index >= 15 is 0 Å². The lowest BCUT2D eigenvalue weighted by molar-refractivity contribution is -0.384. The third kappa shape index (κ3) is 3.63. The van der Waals surface area contributed by atoms with Gasteiger partial charge in [0.05, 0.1) is 4.92 Å². The molecule has 2 rings (SSSR count).